The van der Waals surface area contributed by atoms with E-state index in [1.165, 1.54) is 7.11 Å². The van der Waals surface area contributed by atoms with Gasteiger partial charge in [-0.3, -0.25) is 9.59 Å². The number of benzene rings is 3. The first kappa shape index (κ1) is 25.4. The Bertz CT molecular complexity index is 1360. The van der Waals surface area contributed by atoms with Gasteiger partial charge in [0, 0.05) is 11.4 Å². The van der Waals surface area contributed by atoms with Crippen LogP contribution in [0, 0.1) is 6.92 Å². The molecule has 0 saturated carbocycles. The molecule has 0 unspecified atom stereocenters. The highest BCUT2D eigenvalue weighted by molar-refractivity contribution is 6.16. The van der Waals surface area contributed by atoms with Crippen molar-refractivity contribution < 1.29 is 23.9 Å². The molecule has 2 amide bonds. The van der Waals surface area contributed by atoms with Gasteiger partial charge in [0.25, 0.3) is 11.8 Å². The molecule has 1 N–H and O–H groups in total. The van der Waals surface area contributed by atoms with Gasteiger partial charge < -0.3 is 19.7 Å². The molecule has 0 aromatic heterocycles. The average Bonchev–Trinajstić information content (AvgIpc) is 3.13. The lowest BCUT2D eigenvalue weighted by molar-refractivity contribution is -0.136. The van der Waals surface area contributed by atoms with Gasteiger partial charge in [-0.25, -0.2) is 4.79 Å². The van der Waals surface area contributed by atoms with Crippen molar-refractivity contribution in [3.63, 3.8) is 0 Å². The summed E-state index contributed by atoms with van der Waals surface area (Å²) in [7, 11) is 1.30. The lowest BCUT2D eigenvalue weighted by Gasteiger charge is -2.18. The van der Waals surface area contributed by atoms with Crippen LogP contribution < -0.4 is 10.1 Å². The second kappa shape index (κ2) is 11.4. The Morgan fingerprint density at radius 1 is 0.919 bits per heavy atom. The number of methoxy groups -OCH3 is 1. The van der Waals surface area contributed by atoms with Crippen molar-refractivity contribution >= 4 is 29.5 Å². The number of carbonyl (C=O) groups excluding carboxylic acids is 3. The normalized spacial score (nSPS) is 14.2. The maximum absolute atomic E-state index is 13.4. The summed E-state index contributed by atoms with van der Waals surface area (Å²) in [5.41, 5.74) is 4.56. The Hall–Kier alpha value is -4.65. The third-order valence-electron chi connectivity index (χ3n) is 5.98. The topological polar surface area (TPSA) is 84.9 Å². The molecule has 3 aromatic rings. The van der Waals surface area contributed by atoms with Crippen molar-refractivity contribution in [1.82, 2.24) is 4.90 Å². The molecular formula is C30H28N2O5. The molecule has 188 valence electrons. The van der Waals surface area contributed by atoms with E-state index in [0.29, 0.717) is 29.2 Å². The predicted molar refractivity (Wildman–Crippen MR) is 141 cm³/mol. The van der Waals surface area contributed by atoms with Crippen molar-refractivity contribution in [2.45, 2.75) is 20.4 Å². The number of aryl methyl sites for hydroxylation is 1. The van der Waals surface area contributed by atoms with Crippen LogP contribution >= 0.6 is 0 Å². The first-order valence-electron chi connectivity index (χ1n) is 11.8. The van der Waals surface area contributed by atoms with Crippen molar-refractivity contribution in [1.29, 1.82) is 0 Å². The molecule has 1 aliphatic rings. The number of para-hydroxylation sites is 1. The van der Waals surface area contributed by atoms with Gasteiger partial charge in [-0.15, -0.1) is 0 Å². The molecule has 7 heteroatoms. The minimum absolute atomic E-state index is 0.143. The molecule has 0 fully saturated rings. The molecule has 7 nitrogen and oxygen atoms in total. The minimum Gasteiger partial charge on any atom is -0.484 e. The molecule has 0 aliphatic carbocycles. The van der Waals surface area contributed by atoms with Gasteiger partial charge in [0.2, 0.25) is 0 Å². The predicted octanol–water partition coefficient (Wildman–Crippen LogP) is 4.89. The van der Waals surface area contributed by atoms with Crippen LogP contribution in [0.25, 0.3) is 6.08 Å². The molecular weight excluding hydrogens is 468 g/mol. The van der Waals surface area contributed by atoms with Gasteiger partial charge in [0.15, 0.2) is 6.61 Å². The Labute approximate surface area is 216 Å². The van der Waals surface area contributed by atoms with Crippen LogP contribution in [-0.4, -0.2) is 36.4 Å². The molecule has 4 rings (SSSR count). The molecule has 0 radical (unpaired) electrons. The zero-order chi connectivity index (χ0) is 26.4. The number of hydrogen-bond donors (Lipinski definition) is 1. The summed E-state index contributed by atoms with van der Waals surface area (Å²) in [6, 6.07) is 24.0. The number of rotatable bonds is 8. The van der Waals surface area contributed by atoms with Gasteiger partial charge in [-0.05, 0) is 55.3 Å². The number of nitrogens with zero attached hydrogens (tertiary/aromatic N) is 1. The van der Waals surface area contributed by atoms with Crippen molar-refractivity contribution in [3.05, 3.63) is 112 Å². The van der Waals surface area contributed by atoms with E-state index >= 15 is 0 Å². The second-order valence-corrected chi connectivity index (χ2v) is 8.66. The first-order chi connectivity index (χ1) is 17.9. The quantitative estimate of drug-likeness (QED) is 0.355. The van der Waals surface area contributed by atoms with Crippen LogP contribution in [-0.2, 0) is 25.7 Å². The fraction of sp³-hybridized carbons (Fsp3) is 0.167. The van der Waals surface area contributed by atoms with Crippen molar-refractivity contribution in [2.75, 3.05) is 19.0 Å². The molecule has 1 heterocycles. The maximum atomic E-state index is 13.4. The van der Waals surface area contributed by atoms with Crippen LogP contribution in [0.2, 0.25) is 0 Å². The van der Waals surface area contributed by atoms with E-state index in [2.05, 4.69) is 5.32 Å². The van der Waals surface area contributed by atoms with Crippen molar-refractivity contribution in [3.8, 4) is 5.75 Å². The monoisotopic (exact) mass is 496 g/mol. The molecule has 1 aliphatic heterocycles. The minimum atomic E-state index is -0.562. The van der Waals surface area contributed by atoms with Crippen molar-refractivity contribution in [2.24, 2.45) is 0 Å². The SMILES string of the molecule is COC(=O)C1=C(C)N(Cc2ccc(C)cc2)C(=O)/C1=C\c1ccc(OCC(=O)Nc2ccccc2)cc1. The van der Waals surface area contributed by atoms with E-state index in [4.69, 9.17) is 9.47 Å². The summed E-state index contributed by atoms with van der Waals surface area (Å²) >= 11 is 0. The molecule has 0 saturated heterocycles. The van der Waals surface area contributed by atoms with E-state index in [1.807, 2.05) is 49.4 Å². The summed E-state index contributed by atoms with van der Waals surface area (Å²) < 4.78 is 10.6. The Kier molecular flexibility index (Phi) is 7.83. The lowest BCUT2D eigenvalue weighted by atomic mass is 10.0. The summed E-state index contributed by atoms with van der Waals surface area (Å²) in [4.78, 5) is 39.7. The second-order valence-electron chi connectivity index (χ2n) is 8.66. The number of esters is 1. The standard InChI is InChI=1S/C30H28N2O5/c1-20-9-11-23(12-10-20)18-32-21(2)28(30(35)36-3)26(29(32)34)17-22-13-15-25(16-14-22)37-19-27(33)31-24-7-5-4-6-8-24/h4-17H,18-19H2,1-3H3,(H,31,33)/b26-17-. The zero-order valence-corrected chi connectivity index (χ0v) is 21.0. The van der Waals surface area contributed by atoms with Gasteiger partial charge >= 0.3 is 5.97 Å². The third-order valence-corrected chi connectivity index (χ3v) is 5.98. The molecule has 0 bridgehead atoms. The number of anilines is 1. The number of nitrogens with one attached hydrogen (secondary N) is 1. The Morgan fingerprint density at radius 3 is 2.24 bits per heavy atom. The van der Waals surface area contributed by atoms with Crippen LogP contribution in [0.5, 0.6) is 5.75 Å². The first-order valence-corrected chi connectivity index (χ1v) is 11.8. The van der Waals surface area contributed by atoms with Gasteiger partial charge in [0.1, 0.15) is 5.75 Å². The Morgan fingerprint density at radius 2 is 1.59 bits per heavy atom. The smallest absolute Gasteiger partial charge is 0.340 e. The lowest BCUT2D eigenvalue weighted by Crippen LogP contribution is -2.24. The fourth-order valence-electron chi connectivity index (χ4n) is 3.99. The van der Waals surface area contributed by atoms with Gasteiger partial charge in [-0.1, -0.05) is 60.2 Å². The zero-order valence-electron chi connectivity index (χ0n) is 21.0. The summed E-state index contributed by atoms with van der Waals surface area (Å²) in [6.07, 6.45) is 1.67. The average molecular weight is 497 g/mol. The van der Waals surface area contributed by atoms with Crippen LogP contribution in [0.1, 0.15) is 23.6 Å². The largest absolute Gasteiger partial charge is 0.484 e. The number of hydrogen-bond acceptors (Lipinski definition) is 5. The number of amides is 2. The highest BCUT2D eigenvalue weighted by Crippen LogP contribution is 2.33. The van der Waals surface area contributed by atoms with E-state index in [9.17, 15) is 14.4 Å². The van der Waals surface area contributed by atoms with Gasteiger partial charge in [0.05, 0.1) is 24.8 Å². The summed E-state index contributed by atoms with van der Waals surface area (Å²) in [5.74, 6) is -0.598. The number of carbonyl (C=O) groups is 3. The highest BCUT2D eigenvalue weighted by Gasteiger charge is 2.36. The summed E-state index contributed by atoms with van der Waals surface area (Å²) in [6.45, 7) is 3.95. The van der Waals surface area contributed by atoms with Crippen LogP contribution in [0.4, 0.5) is 5.69 Å². The summed E-state index contributed by atoms with van der Waals surface area (Å²) in [5, 5.41) is 2.76. The number of ether oxygens (including phenoxy) is 2. The van der Waals surface area contributed by atoms with E-state index in [-0.39, 0.29) is 29.6 Å². The van der Waals surface area contributed by atoms with Crippen LogP contribution in [0.15, 0.2) is 95.7 Å². The Balaban J connectivity index is 1.48. The van der Waals surface area contributed by atoms with Gasteiger partial charge in [-0.2, -0.15) is 0 Å². The third kappa shape index (κ3) is 6.13. The molecule has 37 heavy (non-hydrogen) atoms. The molecule has 0 atom stereocenters. The fourth-order valence-corrected chi connectivity index (χ4v) is 3.99. The van der Waals surface area contributed by atoms with Crippen LogP contribution in [0.3, 0.4) is 0 Å². The van der Waals surface area contributed by atoms with E-state index in [0.717, 1.165) is 11.1 Å². The number of allylic oxidation sites excluding steroid dienone is 1. The van der Waals surface area contributed by atoms with E-state index in [1.54, 1.807) is 54.3 Å². The molecule has 0 spiro atoms. The van der Waals surface area contributed by atoms with E-state index < -0.39 is 5.97 Å². The molecule has 3 aromatic carbocycles. The maximum Gasteiger partial charge on any atom is 0.340 e. The highest BCUT2D eigenvalue weighted by atomic mass is 16.5.